The maximum Gasteiger partial charge on any atom is 0.239 e. The molecule has 0 bridgehead atoms. The van der Waals surface area contributed by atoms with E-state index in [1.54, 1.807) is 31.5 Å². The molecule has 4 heteroatoms. The van der Waals surface area contributed by atoms with E-state index in [2.05, 4.69) is 23.5 Å². The highest BCUT2D eigenvalue weighted by Gasteiger charge is 2.07. The monoisotopic (exact) mass is 250 g/mol. The van der Waals surface area contributed by atoms with Crippen LogP contribution in [0, 0.1) is 0 Å². The maximum atomic E-state index is 6.01. The first kappa shape index (κ1) is 13.3. The van der Waals surface area contributed by atoms with E-state index in [9.17, 15) is 0 Å². The molecule has 0 amide bonds. The van der Waals surface area contributed by atoms with Crippen molar-refractivity contribution in [3.05, 3.63) is 54.2 Å². The third-order valence-electron chi connectivity index (χ3n) is 2.09. The summed E-state index contributed by atoms with van der Waals surface area (Å²) < 4.78 is 5.57. The van der Waals surface area contributed by atoms with Crippen molar-refractivity contribution >= 4 is 17.3 Å². The predicted molar refractivity (Wildman–Crippen MR) is 72.8 cm³/mol. The molecule has 17 heavy (non-hydrogen) atoms. The first-order valence-corrected chi connectivity index (χ1v) is 5.49. The van der Waals surface area contributed by atoms with Crippen molar-refractivity contribution in [3.8, 4) is 5.88 Å². The number of halogens is 1. The summed E-state index contributed by atoms with van der Waals surface area (Å²) in [4.78, 5) is 4.12. The Bertz CT molecular complexity index is 441. The van der Waals surface area contributed by atoms with Crippen molar-refractivity contribution < 1.29 is 4.74 Å². The van der Waals surface area contributed by atoms with E-state index in [-0.39, 0.29) is 0 Å². The number of allylic oxidation sites excluding steroid dienone is 2. The molecule has 0 atom stereocenters. The summed E-state index contributed by atoms with van der Waals surface area (Å²) in [5.74, 6) is 0.469. The lowest BCUT2D eigenvalue weighted by Crippen LogP contribution is -2.04. The number of hydrogen-bond donors (Lipinski definition) is 1. The van der Waals surface area contributed by atoms with Crippen molar-refractivity contribution in [2.24, 2.45) is 0 Å². The van der Waals surface area contributed by atoms with Crippen LogP contribution < -0.4 is 10.1 Å². The van der Waals surface area contributed by atoms with Crippen molar-refractivity contribution in [3.63, 3.8) is 0 Å². The van der Waals surface area contributed by atoms with E-state index >= 15 is 0 Å². The maximum absolute atomic E-state index is 6.01. The van der Waals surface area contributed by atoms with Gasteiger partial charge in [-0.25, -0.2) is 4.98 Å². The van der Waals surface area contributed by atoms with Gasteiger partial charge in [-0.2, -0.15) is 0 Å². The van der Waals surface area contributed by atoms with Gasteiger partial charge in [0.1, 0.15) is 12.3 Å². The Morgan fingerprint density at radius 1 is 1.59 bits per heavy atom. The number of nitrogens with one attached hydrogen (secondary N) is 1. The zero-order chi connectivity index (χ0) is 12.7. The Hall–Kier alpha value is -1.74. The molecule has 3 nitrogen and oxygen atoms in total. The molecule has 0 saturated carbocycles. The lowest BCUT2D eigenvalue weighted by Gasteiger charge is -2.11. The largest absolute Gasteiger partial charge is 0.471 e. The Labute approximate surface area is 106 Å². The van der Waals surface area contributed by atoms with Crippen LogP contribution in [0.25, 0.3) is 0 Å². The van der Waals surface area contributed by atoms with Crippen LogP contribution in [0.15, 0.2) is 49.2 Å². The fourth-order valence-electron chi connectivity index (χ4n) is 1.23. The quantitative estimate of drug-likeness (QED) is 0.786. The van der Waals surface area contributed by atoms with Gasteiger partial charge in [-0.15, -0.1) is 0 Å². The molecule has 1 aromatic heterocycles. The van der Waals surface area contributed by atoms with Crippen LogP contribution in [0.5, 0.6) is 5.88 Å². The van der Waals surface area contributed by atoms with Crippen LogP contribution in [-0.4, -0.2) is 18.6 Å². The van der Waals surface area contributed by atoms with Gasteiger partial charge in [-0.3, -0.25) is 0 Å². The van der Waals surface area contributed by atoms with Gasteiger partial charge in [0.25, 0.3) is 0 Å². The number of pyridine rings is 1. The van der Waals surface area contributed by atoms with Crippen LogP contribution in [-0.2, 0) is 0 Å². The van der Waals surface area contributed by atoms with Gasteiger partial charge in [0.2, 0.25) is 5.88 Å². The second kappa shape index (κ2) is 6.76. The van der Waals surface area contributed by atoms with E-state index in [4.69, 9.17) is 16.3 Å². The smallest absolute Gasteiger partial charge is 0.239 e. The predicted octanol–water partition coefficient (Wildman–Crippen LogP) is 3.45. The third kappa shape index (κ3) is 3.64. The molecule has 1 aromatic rings. The molecule has 1 heterocycles. The molecule has 1 rings (SSSR count). The number of anilines is 1. The summed E-state index contributed by atoms with van der Waals surface area (Å²) in [5.41, 5.74) is 1.60. The summed E-state index contributed by atoms with van der Waals surface area (Å²) in [6.45, 7) is 7.69. The van der Waals surface area contributed by atoms with Gasteiger partial charge < -0.3 is 10.1 Å². The molecule has 0 radical (unpaired) electrons. The summed E-state index contributed by atoms with van der Waals surface area (Å²) in [5, 5.41) is 3.53. The van der Waals surface area contributed by atoms with Gasteiger partial charge in [-0.05, 0) is 11.6 Å². The van der Waals surface area contributed by atoms with Crippen molar-refractivity contribution in [2.75, 3.05) is 19.0 Å². The number of nitrogens with zero attached hydrogens (tertiary/aromatic N) is 1. The molecule has 0 unspecified atom stereocenters. The molecule has 0 aliphatic rings. The lowest BCUT2D eigenvalue weighted by molar-refractivity contribution is 0.343. The van der Waals surface area contributed by atoms with E-state index in [1.807, 2.05) is 6.08 Å². The van der Waals surface area contributed by atoms with Gasteiger partial charge in [0.05, 0.1) is 5.02 Å². The fraction of sp³-hybridized carbons (Fsp3) is 0.154. The number of rotatable bonds is 6. The zero-order valence-electron chi connectivity index (χ0n) is 9.74. The molecule has 1 N–H and O–H groups in total. The highest BCUT2D eigenvalue weighted by Crippen LogP contribution is 2.29. The normalized spacial score (nSPS) is 10.8. The van der Waals surface area contributed by atoms with Gasteiger partial charge in [0, 0.05) is 13.2 Å². The van der Waals surface area contributed by atoms with Crippen LogP contribution in [0.2, 0.25) is 5.02 Å². The number of hydrogen-bond acceptors (Lipinski definition) is 3. The van der Waals surface area contributed by atoms with E-state index in [1.165, 1.54) is 0 Å². The SMILES string of the molecule is C=C/C=C(\C=C)COc1nccc(Cl)c1NC. The van der Waals surface area contributed by atoms with Gasteiger partial charge in [0.15, 0.2) is 0 Å². The molecule has 0 fully saturated rings. The standard InChI is InChI=1S/C13H15ClN2O/c1-4-6-10(5-2)9-17-13-12(15-3)11(14)7-8-16-13/h4-8,15H,1-2,9H2,3H3/b10-6+. The molecule has 0 aromatic carbocycles. The summed E-state index contributed by atoms with van der Waals surface area (Å²) in [6, 6.07) is 1.70. The Kier molecular flexibility index (Phi) is 5.30. The van der Waals surface area contributed by atoms with Crippen LogP contribution in [0.4, 0.5) is 5.69 Å². The molecule has 0 aliphatic heterocycles. The van der Waals surface area contributed by atoms with Crippen LogP contribution in [0.1, 0.15) is 0 Å². The van der Waals surface area contributed by atoms with Crippen molar-refractivity contribution in [2.45, 2.75) is 0 Å². The molecule has 0 saturated heterocycles. The minimum Gasteiger partial charge on any atom is -0.471 e. The van der Waals surface area contributed by atoms with E-state index < -0.39 is 0 Å². The van der Waals surface area contributed by atoms with Crippen molar-refractivity contribution in [1.29, 1.82) is 0 Å². The summed E-state index contributed by atoms with van der Waals surface area (Å²) >= 11 is 6.01. The molecule has 0 aliphatic carbocycles. The zero-order valence-corrected chi connectivity index (χ0v) is 10.5. The van der Waals surface area contributed by atoms with E-state index in [0.717, 1.165) is 5.57 Å². The van der Waals surface area contributed by atoms with Crippen molar-refractivity contribution in [1.82, 2.24) is 4.98 Å². The van der Waals surface area contributed by atoms with Crippen LogP contribution in [0.3, 0.4) is 0 Å². The average molecular weight is 251 g/mol. The van der Waals surface area contributed by atoms with E-state index in [0.29, 0.717) is 23.2 Å². The first-order valence-electron chi connectivity index (χ1n) is 5.12. The second-order valence-corrected chi connectivity index (χ2v) is 3.60. The summed E-state index contributed by atoms with van der Waals surface area (Å²) in [7, 11) is 1.77. The minimum atomic E-state index is 0.373. The Morgan fingerprint density at radius 3 is 2.94 bits per heavy atom. The molecular weight excluding hydrogens is 236 g/mol. The Morgan fingerprint density at radius 2 is 2.35 bits per heavy atom. The molecule has 0 spiro atoms. The molecule has 90 valence electrons. The van der Waals surface area contributed by atoms with Gasteiger partial charge >= 0.3 is 0 Å². The highest BCUT2D eigenvalue weighted by atomic mass is 35.5. The number of ether oxygens (including phenoxy) is 1. The molecular formula is C13H15ClN2O. The summed E-state index contributed by atoms with van der Waals surface area (Å²) in [6.07, 6.45) is 6.83. The Balaban J connectivity index is 2.82. The lowest BCUT2D eigenvalue weighted by atomic mass is 10.2. The third-order valence-corrected chi connectivity index (χ3v) is 2.40. The first-order chi connectivity index (χ1) is 8.22. The van der Waals surface area contributed by atoms with Crippen LogP contribution >= 0.6 is 11.6 Å². The van der Waals surface area contributed by atoms with Gasteiger partial charge in [-0.1, -0.05) is 43.0 Å². The number of aromatic nitrogens is 1. The second-order valence-electron chi connectivity index (χ2n) is 3.19. The fourth-order valence-corrected chi connectivity index (χ4v) is 1.47. The highest BCUT2D eigenvalue weighted by molar-refractivity contribution is 6.33. The minimum absolute atomic E-state index is 0.373. The topological polar surface area (TPSA) is 34.1 Å². The average Bonchev–Trinajstić information content (AvgIpc) is 2.34.